The number of phenols is 1. The summed E-state index contributed by atoms with van der Waals surface area (Å²) >= 11 is 6.27. The maximum absolute atomic E-state index is 13.7. The normalized spacial score (nSPS) is 29.4. The van der Waals surface area contributed by atoms with Gasteiger partial charge in [0.25, 0.3) is 0 Å². The smallest absolute Gasteiger partial charge is 0.250 e. The molecule has 3 N–H and O–H groups in total. The number of rotatable bonds is 4. The Morgan fingerprint density at radius 2 is 1.84 bits per heavy atom. The van der Waals surface area contributed by atoms with Crippen LogP contribution in [0.3, 0.4) is 0 Å². The molecule has 5 atom stereocenters. The SMILES string of the molecule is CCC(C)N1C(=O)[C@@H]2C(Cc3ccc(O)cc3)NC3(C(=O)Nc4ccc(Cl)cc43)[C@@H]2C1=O. The van der Waals surface area contributed by atoms with Crippen molar-refractivity contribution in [2.24, 2.45) is 11.8 Å². The second-order valence-electron chi connectivity index (χ2n) is 8.88. The number of hydrogen-bond donors (Lipinski definition) is 3. The highest BCUT2D eigenvalue weighted by molar-refractivity contribution is 6.31. The first-order valence-corrected chi connectivity index (χ1v) is 11.2. The molecule has 0 aliphatic carbocycles. The third kappa shape index (κ3) is 2.81. The van der Waals surface area contributed by atoms with Crippen molar-refractivity contribution in [2.75, 3.05) is 5.32 Å². The summed E-state index contributed by atoms with van der Waals surface area (Å²) < 4.78 is 0. The van der Waals surface area contributed by atoms with Crippen LogP contribution in [0.4, 0.5) is 5.69 Å². The first kappa shape index (κ1) is 21.0. The predicted molar refractivity (Wildman–Crippen MR) is 119 cm³/mol. The van der Waals surface area contributed by atoms with Gasteiger partial charge in [0.05, 0.1) is 11.8 Å². The summed E-state index contributed by atoms with van der Waals surface area (Å²) in [6, 6.07) is 11.2. The number of amides is 3. The minimum Gasteiger partial charge on any atom is -0.508 e. The van der Waals surface area contributed by atoms with E-state index in [0.29, 0.717) is 29.1 Å². The van der Waals surface area contributed by atoms with Crippen molar-refractivity contribution in [3.8, 4) is 5.75 Å². The molecule has 3 aliphatic rings. The van der Waals surface area contributed by atoms with E-state index in [1.165, 1.54) is 4.90 Å². The Morgan fingerprint density at radius 3 is 2.53 bits per heavy atom. The Morgan fingerprint density at radius 1 is 1.12 bits per heavy atom. The molecule has 2 aromatic rings. The summed E-state index contributed by atoms with van der Waals surface area (Å²) in [5, 5.41) is 16.4. The molecule has 7 nitrogen and oxygen atoms in total. The van der Waals surface area contributed by atoms with Gasteiger partial charge in [0.2, 0.25) is 17.7 Å². The van der Waals surface area contributed by atoms with E-state index in [4.69, 9.17) is 11.6 Å². The lowest BCUT2D eigenvalue weighted by atomic mass is 9.76. The van der Waals surface area contributed by atoms with Gasteiger partial charge in [0.15, 0.2) is 0 Å². The third-order valence-electron chi connectivity index (χ3n) is 7.13. The second kappa shape index (κ2) is 7.32. The molecule has 3 unspecified atom stereocenters. The highest BCUT2D eigenvalue weighted by atomic mass is 35.5. The van der Waals surface area contributed by atoms with Crippen LogP contribution in [-0.2, 0) is 26.3 Å². The Balaban J connectivity index is 1.64. The Labute approximate surface area is 190 Å². The van der Waals surface area contributed by atoms with Gasteiger partial charge < -0.3 is 10.4 Å². The molecule has 1 spiro atoms. The Hall–Kier alpha value is -2.90. The number of carbonyl (C=O) groups excluding carboxylic acids is 3. The summed E-state index contributed by atoms with van der Waals surface area (Å²) in [5.74, 6) is -2.29. The van der Waals surface area contributed by atoms with Crippen LogP contribution in [0.5, 0.6) is 5.75 Å². The fourth-order valence-electron chi connectivity index (χ4n) is 5.47. The number of hydrogen-bond acceptors (Lipinski definition) is 5. The highest BCUT2D eigenvalue weighted by Gasteiger charge is 2.70. The molecule has 0 radical (unpaired) electrons. The maximum atomic E-state index is 13.7. The maximum Gasteiger partial charge on any atom is 0.250 e. The van der Waals surface area contributed by atoms with E-state index in [2.05, 4.69) is 10.6 Å². The lowest BCUT2D eigenvalue weighted by Gasteiger charge is -2.31. The van der Waals surface area contributed by atoms with E-state index in [0.717, 1.165) is 5.56 Å². The van der Waals surface area contributed by atoms with Crippen LogP contribution in [0.15, 0.2) is 42.5 Å². The van der Waals surface area contributed by atoms with Crippen molar-refractivity contribution in [3.63, 3.8) is 0 Å². The van der Waals surface area contributed by atoms with Gasteiger partial charge in [0.1, 0.15) is 11.3 Å². The molecule has 0 aromatic heterocycles. The van der Waals surface area contributed by atoms with E-state index in [1.54, 1.807) is 42.5 Å². The van der Waals surface area contributed by atoms with Crippen LogP contribution in [0.25, 0.3) is 0 Å². The number of imide groups is 1. The predicted octanol–water partition coefficient (Wildman–Crippen LogP) is 2.81. The topological polar surface area (TPSA) is 98.7 Å². The number of nitrogens with one attached hydrogen (secondary N) is 2. The monoisotopic (exact) mass is 453 g/mol. The number of likely N-dealkylation sites (tertiary alicyclic amines) is 1. The van der Waals surface area contributed by atoms with E-state index in [-0.39, 0.29) is 29.5 Å². The van der Waals surface area contributed by atoms with E-state index in [1.807, 2.05) is 13.8 Å². The van der Waals surface area contributed by atoms with E-state index in [9.17, 15) is 19.5 Å². The molecule has 2 saturated heterocycles. The number of phenolic OH excluding ortho intramolecular Hbond substituents is 1. The molecule has 32 heavy (non-hydrogen) atoms. The second-order valence-corrected chi connectivity index (χ2v) is 9.32. The van der Waals surface area contributed by atoms with Crippen molar-refractivity contribution in [1.29, 1.82) is 0 Å². The van der Waals surface area contributed by atoms with Crippen molar-refractivity contribution in [1.82, 2.24) is 10.2 Å². The van der Waals surface area contributed by atoms with E-state index >= 15 is 0 Å². The van der Waals surface area contributed by atoms with Crippen LogP contribution < -0.4 is 10.6 Å². The minimum absolute atomic E-state index is 0.149. The lowest BCUT2D eigenvalue weighted by Crippen LogP contribution is -2.54. The molecular formula is C24H24ClN3O4. The lowest BCUT2D eigenvalue weighted by molar-refractivity contribution is -0.145. The molecule has 8 heteroatoms. The molecule has 3 heterocycles. The van der Waals surface area contributed by atoms with Gasteiger partial charge in [-0.15, -0.1) is 0 Å². The molecule has 166 valence electrons. The molecule has 0 bridgehead atoms. The number of carbonyl (C=O) groups is 3. The summed E-state index contributed by atoms with van der Waals surface area (Å²) in [6.45, 7) is 3.78. The molecule has 2 aromatic carbocycles. The first-order chi connectivity index (χ1) is 15.3. The Kier molecular flexibility index (Phi) is 4.80. The van der Waals surface area contributed by atoms with Gasteiger partial charge in [-0.1, -0.05) is 30.7 Å². The first-order valence-electron chi connectivity index (χ1n) is 10.8. The number of aromatic hydroxyl groups is 1. The molecule has 2 fully saturated rings. The largest absolute Gasteiger partial charge is 0.508 e. The zero-order valence-corrected chi connectivity index (χ0v) is 18.5. The molecule has 5 rings (SSSR count). The van der Waals surface area contributed by atoms with Crippen molar-refractivity contribution < 1.29 is 19.5 Å². The molecule has 3 amide bonds. The van der Waals surface area contributed by atoms with Gasteiger partial charge in [-0.2, -0.15) is 0 Å². The van der Waals surface area contributed by atoms with Crippen LogP contribution in [0.2, 0.25) is 5.02 Å². The average molecular weight is 454 g/mol. The van der Waals surface area contributed by atoms with Gasteiger partial charge in [-0.3, -0.25) is 24.6 Å². The van der Waals surface area contributed by atoms with Gasteiger partial charge in [0, 0.05) is 28.4 Å². The van der Waals surface area contributed by atoms with Crippen molar-refractivity contribution in [3.05, 3.63) is 58.6 Å². The van der Waals surface area contributed by atoms with Crippen LogP contribution in [0.1, 0.15) is 31.4 Å². The molecule has 0 saturated carbocycles. The number of anilines is 1. The number of nitrogens with zero attached hydrogens (tertiary/aromatic N) is 1. The Bertz CT molecular complexity index is 1130. The van der Waals surface area contributed by atoms with Gasteiger partial charge in [-0.25, -0.2) is 0 Å². The number of fused-ring (bicyclic) bond motifs is 4. The van der Waals surface area contributed by atoms with E-state index < -0.39 is 23.4 Å². The summed E-state index contributed by atoms with van der Waals surface area (Å²) in [7, 11) is 0. The van der Waals surface area contributed by atoms with Crippen LogP contribution in [-0.4, -0.2) is 39.8 Å². The summed E-state index contributed by atoms with van der Waals surface area (Å²) in [4.78, 5) is 42.0. The fourth-order valence-corrected chi connectivity index (χ4v) is 5.65. The standard InChI is InChI=1S/C24H24ClN3O4/c1-3-12(2)28-21(30)19-18(10-13-4-7-15(29)8-5-13)27-24(20(19)22(28)31)16-11-14(25)6-9-17(16)26-23(24)32/h4-9,11-12,18-20,27,29H,3,10H2,1-2H3,(H,26,32)/t12?,18?,19-,20+,24?/m1/s1. The highest BCUT2D eigenvalue weighted by Crippen LogP contribution is 2.54. The number of benzene rings is 2. The summed E-state index contributed by atoms with van der Waals surface area (Å²) in [5.41, 5.74) is 0.730. The third-order valence-corrected chi connectivity index (χ3v) is 7.37. The van der Waals surface area contributed by atoms with Crippen LogP contribution >= 0.6 is 11.6 Å². The zero-order chi connectivity index (χ0) is 22.8. The van der Waals surface area contributed by atoms with Gasteiger partial charge >= 0.3 is 0 Å². The average Bonchev–Trinajstić information content (AvgIpc) is 3.34. The van der Waals surface area contributed by atoms with Gasteiger partial charge in [-0.05, 0) is 55.7 Å². The van der Waals surface area contributed by atoms with Crippen molar-refractivity contribution >= 4 is 35.0 Å². The van der Waals surface area contributed by atoms with Crippen LogP contribution in [0, 0.1) is 11.8 Å². The fraction of sp³-hybridized carbons (Fsp3) is 0.375. The van der Waals surface area contributed by atoms with Crippen molar-refractivity contribution in [2.45, 2.75) is 44.3 Å². The minimum atomic E-state index is -1.36. The quantitative estimate of drug-likeness (QED) is 0.618. The number of halogens is 1. The molecule has 3 aliphatic heterocycles. The zero-order valence-electron chi connectivity index (χ0n) is 17.8. The molecular weight excluding hydrogens is 430 g/mol. The summed E-state index contributed by atoms with van der Waals surface area (Å²) in [6.07, 6.45) is 1.06.